The van der Waals surface area contributed by atoms with Gasteiger partial charge in [-0.2, -0.15) is 0 Å². The van der Waals surface area contributed by atoms with E-state index in [4.69, 9.17) is 5.73 Å². The first-order chi connectivity index (χ1) is 10.6. The first kappa shape index (κ1) is 15.0. The summed E-state index contributed by atoms with van der Waals surface area (Å²) in [6.07, 6.45) is 3.12. The van der Waals surface area contributed by atoms with E-state index in [0.29, 0.717) is 19.4 Å². The number of hydrazine groups is 1. The second-order valence-corrected chi connectivity index (χ2v) is 6.16. The summed E-state index contributed by atoms with van der Waals surface area (Å²) in [6, 6.07) is 9.72. The number of rotatable bonds is 4. The van der Waals surface area contributed by atoms with E-state index in [1.165, 1.54) is 0 Å². The molecule has 6 nitrogen and oxygen atoms in total. The Morgan fingerprint density at radius 1 is 1.18 bits per heavy atom. The molecule has 2 unspecified atom stereocenters. The van der Waals surface area contributed by atoms with E-state index in [1.54, 1.807) is 0 Å². The summed E-state index contributed by atoms with van der Waals surface area (Å²) in [5, 5.41) is 2.94. The van der Waals surface area contributed by atoms with E-state index >= 15 is 0 Å². The Morgan fingerprint density at radius 3 is 2.50 bits per heavy atom. The van der Waals surface area contributed by atoms with E-state index < -0.39 is 11.4 Å². The fourth-order valence-corrected chi connectivity index (χ4v) is 3.46. The van der Waals surface area contributed by atoms with Crippen molar-refractivity contribution in [2.45, 2.75) is 37.3 Å². The van der Waals surface area contributed by atoms with Crippen molar-refractivity contribution < 1.29 is 9.59 Å². The third kappa shape index (κ3) is 2.71. The molecule has 1 aromatic rings. The van der Waals surface area contributed by atoms with Crippen LogP contribution in [0.5, 0.6) is 0 Å². The number of amides is 2. The molecule has 118 valence electrons. The number of hydrogen-bond donors (Lipinski definition) is 4. The zero-order chi connectivity index (χ0) is 15.6. The van der Waals surface area contributed by atoms with Crippen LogP contribution in [0.15, 0.2) is 30.3 Å². The van der Waals surface area contributed by atoms with Gasteiger partial charge in [-0.3, -0.25) is 15.0 Å². The number of carbonyl (C=O) groups is 2. The molecule has 2 amide bonds. The van der Waals surface area contributed by atoms with Crippen LogP contribution in [0.3, 0.4) is 0 Å². The van der Waals surface area contributed by atoms with Crippen molar-refractivity contribution >= 4 is 11.8 Å². The molecule has 3 rings (SSSR count). The van der Waals surface area contributed by atoms with Crippen molar-refractivity contribution in [2.75, 3.05) is 6.54 Å². The van der Waals surface area contributed by atoms with Gasteiger partial charge in [-0.05, 0) is 18.4 Å². The van der Waals surface area contributed by atoms with Crippen LogP contribution in [0, 0.1) is 5.92 Å². The Labute approximate surface area is 129 Å². The molecule has 22 heavy (non-hydrogen) atoms. The number of benzene rings is 1. The fraction of sp³-hybridized carbons (Fsp3) is 0.500. The van der Waals surface area contributed by atoms with Crippen molar-refractivity contribution in [3.05, 3.63) is 35.9 Å². The standard InChI is InChI=1S/C16H22N4O2/c17-15(22)16(8-4-5-9-16)19-14(21)12-10-18-20-13(12)11-6-2-1-3-7-11/h1-3,6-7,12-13,18,20H,4-5,8-10H2,(H2,17,22)(H,19,21). The van der Waals surface area contributed by atoms with Crippen LogP contribution in [0.1, 0.15) is 37.3 Å². The van der Waals surface area contributed by atoms with Gasteiger partial charge < -0.3 is 11.1 Å². The van der Waals surface area contributed by atoms with Gasteiger partial charge in [0.05, 0.1) is 12.0 Å². The predicted molar refractivity (Wildman–Crippen MR) is 82.3 cm³/mol. The number of primary amides is 1. The second-order valence-electron chi connectivity index (χ2n) is 6.16. The summed E-state index contributed by atoms with van der Waals surface area (Å²) in [5.74, 6) is -0.806. The maximum Gasteiger partial charge on any atom is 0.243 e. The molecule has 5 N–H and O–H groups in total. The molecule has 2 aliphatic rings. The lowest BCUT2D eigenvalue weighted by molar-refractivity contribution is -0.133. The topological polar surface area (TPSA) is 96.2 Å². The zero-order valence-electron chi connectivity index (χ0n) is 12.5. The smallest absolute Gasteiger partial charge is 0.243 e. The molecule has 1 aliphatic heterocycles. The lowest BCUT2D eigenvalue weighted by Gasteiger charge is -2.29. The highest BCUT2D eigenvalue weighted by Gasteiger charge is 2.44. The molecule has 1 saturated heterocycles. The van der Waals surface area contributed by atoms with E-state index in [1.807, 2.05) is 30.3 Å². The highest BCUT2D eigenvalue weighted by molar-refractivity contribution is 5.91. The number of hydrogen-bond acceptors (Lipinski definition) is 4. The summed E-state index contributed by atoms with van der Waals surface area (Å²) in [6.45, 7) is 0.528. The summed E-state index contributed by atoms with van der Waals surface area (Å²) >= 11 is 0. The first-order valence-corrected chi connectivity index (χ1v) is 7.78. The molecule has 2 atom stereocenters. The van der Waals surface area contributed by atoms with Crippen molar-refractivity contribution in [3.8, 4) is 0 Å². The van der Waals surface area contributed by atoms with Crippen LogP contribution in [-0.4, -0.2) is 23.9 Å². The Balaban J connectivity index is 1.75. The minimum Gasteiger partial charge on any atom is -0.368 e. The molecule has 1 aliphatic carbocycles. The lowest BCUT2D eigenvalue weighted by atomic mass is 9.91. The minimum atomic E-state index is -0.860. The van der Waals surface area contributed by atoms with Gasteiger partial charge in [0.15, 0.2) is 0 Å². The predicted octanol–water partition coefficient (Wildman–Crippen LogP) is 0.366. The molecule has 0 aromatic heterocycles. The summed E-state index contributed by atoms with van der Waals surface area (Å²) < 4.78 is 0. The average Bonchev–Trinajstić information content (AvgIpc) is 3.17. The Bertz CT molecular complexity index is 555. The van der Waals surface area contributed by atoms with Crippen molar-refractivity contribution in [1.29, 1.82) is 0 Å². The average molecular weight is 302 g/mol. The third-order valence-corrected chi connectivity index (χ3v) is 4.77. The molecule has 1 aromatic carbocycles. The van der Waals surface area contributed by atoms with Crippen LogP contribution < -0.4 is 21.9 Å². The van der Waals surface area contributed by atoms with Gasteiger partial charge in [-0.25, -0.2) is 5.43 Å². The highest BCUT2D eigenvalue weighted by atomic mass is 16.2. The summed E-state index contributed by atoms with van der Waals surface area (Å²) in [5.41, 5.74) is 11.9. The monoisotopic (exact) mass is 302 g/mol. The summed E-state index contributed by atoms with van der Waals surface area (Å²) in [7, 11) is 0. The maximum atomic E-state index is 12.7. The van der Waals surface area contributed by atoms with Gasteiger partial charge in [0.25, 0.3) is 0 Å². The summed E-state index contributed by atoms with van der Waals surface area (Å²) in [4.78, 5) is 24.5. The number of nitrogens with two attached hydrogens (primary N) is 1. The second kappa shape index (κ2) is 6.06. The molecule has 6 heteroatoms. The lowest BCUT2D eigenvalue weighted by Crippen LogP contribution is -2.57. The van der Waals surface area contributed by atoms with Crippen LogP contribution in [-0.2, 0) is 9.59 Å². The van der Waals surface area contributed by atoms with Gasteiger partial charge in [0, 0.05) is 6.54 Å². The van der Waals surface area contributed by atoms with Crippen molar-refractivity contribution in [1.82, 2.24) is 16.2 Å². The van der Waals surface area contributed by atoms with Crippen LogP contribution in [0.25, 0.3) is 0 Å². The normalized spacial score (nSPS) is 26.7. The van der Waals surface area contributed by atoms with Gasteiger partial charge in [-0.15, -0.1) is 0 Å². The molecular weight excluding hydrogens is 280 g/mol. The van der Waals surface area contributed by atoms with E-state index in [2.05, 4.69) is 16.2 Å². The third-order valence-electron chi connectivity index (χ3n) is 4.77. The van der Waals surface area contributed by atoms with E-state index in [0.717, 1.165) is 18.4 Å². The van der Waals surface area contributed by atoms with Gasteiger partial charge >= 0.3 is 0 Å². The van der Waals surface area contributed by atoms with Gasteiger partial charge in [0.2, 0.25) is 11.8 Å². The van der Waals surface area contributed by atoms with Crippen molar-refractivity contribution in [3.63, 3.8) is 0 Å². The Kier molecular flexibility index (Phi) is 4.13. The quantitative estimate of drug-likeness (QED) is 0.646. The van der Waals surface area contributed by atoms with Crippen LogP contribution >= 0.6 is 0 Å². The van der Waals surface area contributed by atoms with Crippen molar-refractivity contribution in [2.24, 2.45) is 11.7 Å². The van der Waals surface area contributed by atoms with Gasteiger partial charge in [0.1, 0.15) is 5.54 Å². The fourth-order valence-electron chi connectivity index (χ4n) is 3.46. The first-order valence-electron chi connectivity index (χ1n) is 7.78. The van der Waals surface area contributed by atoms with E-state index in [-0.39, 0.29) is 17.9 Å². The molecule has 0 radical (unpaired) electrons. The van der Waals surface area contributed by atoms with Crippen LogP contribution in [0.4, 0.5) is 0 Å². The number of carbonyl (C=O) groups excluding carboxylic acids is 2. The maximum absolute atomic E-state index is 12.7. The Morgan fingerprint density at radius 2 is 1.86 bits per heavy atom. The SMILES string of the molecule is NC(=O)C1(NC(=O)C2CNNC2c2ccccc2)CCCC1. The molecule has 0 bridgehead atoms. The zero-order valence-corrected chi connectivity index (χ0v) is 12.5. The molecule has 2 fully saturated rings. The molecular formula is C16H22N4O2. The minimum absolute atomic E-state index is 0.104. The molecule has 0 spiro atoms. The molecule has 1 heterocycles. The Hall–Kier alpha value is -1.92. The number of nitrogens with one attached hydrogen (secondary N) is 3. The largest absolute Gasteiger partial charge is 0.368 e. The van der Waals surface area contributed by atoms with Crippen LogP contribution in [0.2, 0.25) is 0 Å². The highest BCUT2D eigenvalue weighted by Crippen LogP contribution is 2.31. The molecule has 1 saturated carbocycles. The van der Waals surface area contributed by atoms with E-state index in [9.17, 15) is 9.59 Å². The van der Waals surface area contributed by atoms with Gasteiger partial charge in [-0.1, -0.05) is 43.2 Å².